The van der Waals surface area contributed by atoms with Crippen LogP contribution in [0.1, 0.15) is 78.1 Å². The number of rotatable bonds is 14. The maximum atomic E-state index is 9.06. The first-order valence-electron chi connectivity index (χ1n) is 8.63. The van der Waals surface area contributed by atoms with Crippen LogP contribution in [0.3, 0.4) is 0 Å². The zero-order chi connectivity index (χ0) is 14.4. The van der Waals surface area contributed by atoms with E-state index in [1.165, 1.54) is 75.4 Å². The fourth-order valence-electron chi connectivity index (χ4n) is 2.81. The predicted molar refractivity (Wildman–Crippen MR) is 85.4 cm³/mol. The van der Waals surface area contributed by atoms with Gasteiger partial charge in [0.1, 0.15) is 0 Å². The molecule has 0 fully saturated rings. The second kappa shape index (κ2) is 12.9. The van der Waals surface area contributed by atoms with Crippen molar-refractivity contribution < 1.29 is 9.59 Å². The van der Waals surface area contributed by atoms with Gasteiger partial charge in [-0.05, 0) is 25.7 Å². The van der Waals surface area contributed by atoms with Crippen LogP contribution in [0, 0.1) is 0 Å². The standard InChI is InChI=1S/C17H38NO/c1-4-6-8-9-10-12-15-18(3,16-13-17-19)14-11-7-5-2/h19H,4-17H2,1-3H3/q+1. The Kier molecular flexibility index (Phi) is 12.9. The van der Waals surface area contributed by atoms with Gasteiger partial charge >= 0.3 is 0 Å². The average molecular weight is 272 g/mol. The molecule has 0 saturated carbocycles. The molecule has 0 saturated heterocycles. The number of hydrogen-bond donors (Lipinski definition) is 1. The monoisotopic (exact) mass is 272 g/mol. The van der Waals surface area contributed by atoms with Crippen molar-refractivity contribution >= 4 is 0 Å². The summed E-state index contributed by atoms with van der Waals surface area (Å²) in [6, 6.07) is 0. The molecule has 0 aromatic rings. The minimum Gasteiger partial charge on any atom is -0.396 e. The maximum absolute atomic E-state index is 9.06. The highest BCUT2D eigenvalue weighted by molar-refractivity contribution is 4.48. The van der Waals surface area contributed by atoms with Crippen LogP contribution in [-0.2, 0) is 0 Å². The van der Waals surface area contributed by atoms with Crippen molar-refractivity contribution in [3.8, 4) is 0 Å². The molecule has 0 amide bonds. The third kappa shape index (κ3) is 11.4. The Labute approximate surface area is 121 Å². The van der Waals surface area contributed by atoms with E-state index < -0.39 is 0 Å². The second-order valence-corrected chi connectivity index (χ2v) is 6.34. The van der Waals surface area contributed by atoms with E-state index >= 15 is 0 Å². The van der Waals surface area contributed by atoms with E-state index in [4.69, 9.17) is 5.11 Å². The van der Waals surface area contributed by atoms with E-state index in [2.05, 4.69) is 20.9 Å². The summed E-state index contributed by atoms with van der Waals surface area (Å²) in [5, 5.41) is 9.06. The van der Waals surface area contributed by atoms with E-state index in [-0.39, 0.29) is 0 Å². The van der Waals surface area contributed by atoms with Gasteiger partial charge < -0.3 is 9.59 Å². The SMILES string of the molecule is CCCCCCCC[N+](C)(CCCO)CCCCC. The van der Waals surface area contributed by atoms with E-state index in [1.807, 2.05) is 0 Å². The molecule has 0 rings (SSSR count). The van der Waals surface area contributed by atoms with Gasteiger partial charge in [-0.1, -0.05) is 46.0 Å². The van der Waals surface area contributed by atoms with Gasteiger partial charge in [0.2, 0.25) is 0 Å². The Morgan fingerprint density at radius 3 is 1.63 bits per heavy atom. The summed E-state index contributed by atoms with van der Waals surface area (Å²) in [5.74, 6) is 0. The summed E-state index contributed by atoms with van der Waals surface area (Å²) < 4.78 is 1.17. The second-order valence-electron chi connectivity index (χ2n) is 6.34. The van der Waals surface area contributed by atoms with Crippen LogP contribution in [-0.4, -0.2) is 42.9 Å². The molecule has 1 atom stereocenters. The van der Waals surface area contributed by atoms with Crippen molar-refractivity contribution in [2.45, 2.75) is 78.1 Å². The molecule has 0 heterocycles. The molecule has 0 aliphatic heterocycles. The van der Waals surface area contributed by atoms with Crippen molar-refractivity contribution in [1.82, 2.24) is 0 Å². The van der Waals surface area contributed by atoms with Crippen molar-refractivity contribution in [2.24, 2.45) is 0 Å². The normalized spacial score (nSPS) is 14.5. The molecule has 0 bridgehead atoms. The molecule has 1 N–H and O–H groups in total. The van der Waals surface area contributed by atoms with Gasteiger partial charge in [0, 0.05) is 13.0 Å². The van der Waals surface area contributed by atoms with Crippen LogP contribution in [0.5, 0.6) is 0 Å². The lowest BCUT2D eigenvalue weighted by atomic mass is 10.1. The fraction of sp³-hybridized carbons (Fsp3) is 1.00. The van der Waals surface area contributed by atoms with E-state index in [1.54, 1.807) is 0 Å². The largest absolute Gasteiger partial charge is 0.396 e. The lowest BCUT2D eigenvalue weighted by Crippen LogP contribution is -2.46. The maximum Gasteiger partial charge on any atom is 0.0806 e. The zero-order valence-corrected chi connectivity index (χ0v) is 13.8. The molecule has 0 aliphatic rings. The smallest absolute Gasteiger partial charge is 0.0806 e. The number of quaternary nitrogens is 1. The van der Waals surface area contributed by atoms with Crippen LogP contribution in [0.25, 0.3) is 0 Å². The van der Waals surface area contributed by atoms with Crippen LogP contribution in [0.15, 0.2) is 0 Å². The summed E-state index contributed by atoms with van der Waals surface area (Å²) in [5.41, 5.74) is 0. The topological polar surface area (TPSA) is 20.2 Å². The van der Waals surface area contributed by atoms with Gasteiger partial charge in [0.25, 0.3) is 0 Å². The minimum atomic E-state index is 0.345. The minimum absolute atomic E-state index is 0.345. The van der Waals surface area contributed by atoms with Crippen molar-refractivity contribution in [3.05, 3.63) is 0 Å². The molecule has 0 aromatic heterocycles. The summed E-state index contributed by atoms with van der Waals surface area (Å²) in [4.78, 5) is 0. The molecular formula is C17H38NO+. The Bertz CT molecular complexity index is 184. The summed E-state index contributed by atoms with van der Waals surface area (Å²) in [6.07, 6.45) is 13.2. The first-order valence-corrected chi connectivity index (χ1v) is 8.63. The molecule has 0 aliphatic carbocycles. The summed E-state index contributed by atoms with van der Waals surface area (Å²) in [6.45, 7) is 8.63. The van der Waals surface area contributed by atoms with Gasteiger partial charge in [0.05, 0.1) is 26.7 Å². The lowest BCUT2D eigenvalue weighted by Gasteiger charge is -2.35. The van der Waals surface area contributed by atoms with Crippen LogP contribution in [0.2, 0.25) is 0 Å². The van der Waals surface area contributed by atoms with Gasteiger partial charge in [-0.15, -0.1) is 0 Å². The molecule has 0 spiro atoms. The number of nitrogens with zero attached hydrogens (tertiary/aromatic N) is 1. The average Bonchev–Trinajstić information content (AvgIpc) is 2.41. The third-order valence-electron chi connectivity index (χ3n) is 4.21. The third-order valence-corrected chi connectivity index (χ3v) is 4.21. The molecule has 116 valence electrons. The first kappa shape index (κ1) is 18.9. The van der Waals surface area contributed by atoms with Gasteiger partial charge in [-0.25, -0.2) is 0 Å². The number of hydrogen-bond acceptors (Lipinski definition) is 1. The highest BCUT2D eigenvalue weighted by Crippen LogP contribution is 2.13. The van der Waals surface area contributed by atoms with E-state index in [0.29, 0.717) is 6.61 Å². The highest BCUT2D eigenvalue weighted by atomic mass is 16.3. The summed E-state index contributed by atoms with van der Waals surface area (Å²) >= 11 is 0. The molecule has 0 aromatic carbocycles. The van der Waals surface area contributed by atoms with Crippen LogP contribution < -0.4 is 0 Å². The van der Waals surface area contributed by atoms with Crippen molar-refractivity contribution in [2.75, 3.05) is 33.3 Å². The Morgan fingerprint density at radius 1 is 0.632 bits per heavy atom. The molecule has 1 unspecified atom stereocenters. The number of aliphatic hydroxyl groups excluding tert-OH is 1. The van der Waals surface area contributed by atoms with E-state index in [0.717, 1.165) is 13.0 Å². The van der Waals surface area contributed by atoms with E-state index in [9.17, 15) is 0 Å². The van der Waals surface area contributed by atoms with Crippen LogP contribution in [0.4, 0.5) is 0 Å². The molecule has 19 heavy (non-hydrogen) atoms. The van der Waals surface area contributed by atoms with Crippen molar-refractivity contribution in [3.63, 3.8) is 0 Å². The Hall–Kier alpha value is -0.0800. The first-order chi connectivity index (χ1) is 9.18. The van der Waals surface area contributed by atoms with Gasteiger partial charge in [0.15, 0.2) is 0 Å². The van der Waals surface area contributed by atoms with Gasteiger partial charge in [-0.3, -0.25) is 0 Å². The predicted octanol–water partition coefficient (Wildman–Crippen LogP) is 4.37. The number of unbranched alkanes of at least 4 members (excludes halogenated alkanes) is 7. The lowest BCUT2D eigenvalue weighted by molar-refractivity contribution is -0.910. The quantitative estimate of drug-likeness (QED) is 0.368. The summed E-state index contributed by atoms with van der Waals surface area (Å²) in [7, 11) is 2.39. The molecule has 0 radical (unpaired) electrons. The van der Waals surface area contributed by atoms with Crippen LogP contribution >= 0.6 is 0 Å². The molecule has 2 heteroatoms. The Balaban J connectivity index is 3.83. The van der Waals surface area contributed by atoms with Gasteiger partial charge in [-0.2, -0.15) is 0 Å². The highest BCUT2D eigenvalue weighted by Gasteiger charge is 2.19. The molecular weight excluding hydrogens is 234 g/mol. The fourth-order valence-corrected chi connectivity index (χ4v) is 2.81. The number of aliphatic hydroxyl groups is 1. The molecule has 2 nitrogen and oxygen atoms in total. The van der Waals surface area contributed by atoms with Crippen molar-refractivity contribution in [1.29, 1.82) is 0 Å². The zero-order valence-electron chi connectivity index (χ0n) is 13.8. The Morgan fingerprint density at radius 2 is 1.05 bits per heavy atom.